The zero-order valence-electron chi connectivity index (χ0n) is 10.5. The molecule has 1 N–H and O–H groups in total. The zero-order valence-corrected chi connectivity index (χ0v) is 11.3. The van der Waals surface area contributed by atoms with E-state index in [1.807, 2.05) is 6.92 Å². The molecule has 0 atom stereocenters. The van der Waals surface area contributed by atoms with Gasteiger partial charge in [-0.1, -0.05) is 7.43 Å². The van der Waals surface area contributed by atoms with Gasteiger partial charge in [0, 0.05) is 23.9 Å². The van der Waals surface area contributed by atoms with Crippen molar-refractivity contribution >= 4 is 28.3 Å². The number of fused-ring (bicyclic) bond motifs is 1. The van der Waals surface area contributed by atoms with E-state index in [9.17, 15) is 9.59 Å². The summed E-state index contributed by atoms with van der Waals surface area (Å²) in [7, 11) is 0. The molecule has 0 fully saturated rings. The van der Waals surface area contributed by atoms with E-state index in [1.54, 1.807) is 18.6 Å². The number of aryl methyl sites for hydroxylation is 1. The topological polar surface area (TPSA) is 88.1 Å². The summed E-state index contributed by atoms with van der Waals surface area (Å²) in [6, 6.07) is 0. The first kappa shape index (κ1) is 15.9. The molecule has 1 aliphatic rings. The van der Waals surface area contributed by atoms with E-state index in [0.29, 0.717) is 17.7 Å². The molecule has 20 heavy (non-hydrogen) atoms. The standard InChI is InChI=1S/C6H4N2OS.C6H8N2O.CH4/c9-4-1-2-7-6-5(4)8-3-10-6;1-4-5(2)7-3-8-6(4)9;/h2-3H,1H2;3H,1-2H3,(H,7,8,9);1H4. The van der Waals surface area contributed by atoms with Crippen molar-refractivity contribution in [2.45, 2.75) is 27.7 Å². The molecule has 3 heterocycles. The molecule has 0 saturated carbocycles. The summed E-state index contributed by atoms with van der Waals surface area (Å²) in [5, 5.41) is 0.747. The Morgan fingerprint density at radius 3 is 2.60 bits per heavy atom. The Kier molecular flexibility index (Phi) is 5.45. The van der Waals surface area contributed by atoms with Crippen molar-refractivity contribution < 1.29 is 4.79 Å². The van der Waals surface area contributed by atoms with Crippen LogP contribution in [0.25, 0.3) is 0 Å². The van der Waals surface area contributed by atoms with Crippen molar-refractivity contribution in [3.63, 3.8) is 0 Å². The lowest BCUT2D eigenvalue weighted by atomic mass is 10.2. The van der Waals surface area contributed by atoms with E-state index in [2.05, 4.69) is 19.9 Å². The summed E-state index contributed by atoms with van der Waals surface area (Å²) >= 11 is 1.40. The monoisotopic (exact) mass is 292 g/mol. The second-order valence-corrected chi connectivity index (χ2v) is 4.72. The first-order valence-electron chi connectivity index (χ1n) is 5.59. The molecule has 0 bridgehead atoms. The highest BCUT2D eigenvalue weighted by molar-refractivity contribution is 7.14. The number of H-pyrrole nitrogens is 1. The number of thiazole rings is 1. The maximum absolute atomic E-state index is 11.0. The van der Waals surface area contributed by atoms with E-state index < -0.39 is 0 Å². The van der Waals surface area contributed by atoms with Gasteiger partial charge in [-0.05, 0) is 13.8 Å². The summed E-state index contributed by atoms with van der Waals surface area (Å²) in [5.74, 6) is 0.0752. The van der Waals surface area contributed by atoms with E-state index in [1.165, 1.54) is 17.7 Å². The van der Waals surface area contributed by atoms with Crippen LogP contribution in [0.5, 0.6) is 0 Å². The van der Waals surface area contributed by atoms with Crippen LogP contribution in [0.1, 0.15) is 35.6 Å². The minimum atomic E-state index is -0.0532. The molecule has 3 rings (SSSR count). The highest BCUT2D eigenvalue weighted by Gasteiger charge is 2.16. The Labute approximate surface area is 120 Å². The number of nitrogens with one attached hydrogen (secondary N) is 1. The molecular weight excluding hydrogens is 276 g/mol. The van der Waals surface area contributed by atoms with Crippen molar-refractivity contribution in [1.82, 2.24) is 15.0 Å². The van der Waals surface area contributed by atoms with Crippen LogP contribution in [-0.2, 0) is 0 Å². The van der Waals surface area contributed by atoms with Crippen LogP contribution < -0.4 is 5.56 Å². The van der Waals surface area contributed by atoms with E-state index >= 15 is 0 Å². The molecule has 0 saturated heterocycles. The lowest BCUT2D eigenvalue weighted by Gasteiger charge is -1.98. The smallest absolute Gasteiger partial charge is 0.253 e. The summed E-state index contributed by atoms with van der Waals surface area (Å²) < 4.78 is 0. The quantitative estimate of drug-likeness (QED) is 0.807. The fourth-order valence-electron chi connectivity index (χ4n) is 1.39. The van der Waals surface area contributed by atoms with Crippen LogP contribution in [0.2, 0.25) is 0 Å². The molecule has 2 aromatic heterocycles. The molecule has 0 aliphatic carbocycles. The van der Waals surface area contributed by atoms with Gasteiger partial charge >= 0.3 is 0 Å². The number of Topliss-reactive ketones (excluding diaryl/α,β-unsaturated/α-hetero) is 1. The molecule has 6 nitrogen and oxygen atoms in total. The molecule has 0 amide bonds. The lowest BCUT2D eigenvalue weighted by molar-refractivity contribution is 0.0997. The Hall–Kier alpha value is -2.15. The van der Waals surface area contributed by atoms with Gasteiger partial charge in [0.1, 0.15) is 10.7 Å². The Morgan fingerprint density at radius 2 is 2.00 bits per heavy atom. The predicted octanol–water partition coefficient (Wildman–Crippen LogP) is 2.45. The van der Waals surface area contributed by atoms with Gasteiger partial charge < -0.3 is 4.98 Å². The summed E-state index contributed by atoms with van der Waals surface area (Å²) in [6.07, 6.45) is 3.43. The Balaban J connectivity index is 0.000000192. The third-order valence-electron chi connectivity index (χ3n) is 2.64. The fourth-order valence-corrected chi connectivity index (χ4v) is 2.06. The van der Waals surface area contributed by atoms with Gasteiger partial charge in [0.15, 0.2) is 5.78 Å². The van der Waals surface area contributed by atoms with Crippen LogP contribution in [0.4, 0.5) is 5.00 Å². The maximum atomic E-state index is 11.0. The minimum absolute atomic E-state index is 0. The van der Waals surface area contributed by atoms with Crippen LogP contribution in [0, 0.1) is 13.8 Å². The molecular formula is C13H16N4O2S. The third kappa shape index (κ3) is 3.45. The van der Waals surface area contributed by atoms with Crippen molar-refractivity contribution in [3.8, 4) is 0 Å². The average Bonchev–Trinajstić information content (AvgIpc) is 2.86. The number of carbonyl (C=O) groups is 1. The predicted molar refractivity (Wildman–Crippen MR) is 80.3 cm³/mol. The molecule has 1 aliphatic heterocycles. The molecule has 7 heteroatoms. The first-order chi connectivity index (χ1) is 9.09. The molecule has 106 valence electrons. The molecule has 0 radical (unpaired) electrons. The van der Waals surface area contributed by atoms with E-state index in [-0.39, 0.29) is 18.8 Å². The van der Waals surface area contributed by atoms with E-state index in [0.717, 1.165) is 10.7 Å². The zero-order chi connectivity index (χ0) is 13.8. The normalized spacial score (nSPS) is 12.0. The number of aliphatic imine (C=N–C) groups is 1. The Morgan fingerprint density at radius 1 is 1.25 bits per heavy atom. The molecule has 0 aromatic carbocycles. The second-order valence-electron chi connectivity index (χ2n) is 3.89. The number of aromatic nitrogens is 3. The van der Waals surface area contributed by atoms with E-state index in [4.69, 9.17) is 0 Å². The van der Waals surface area contributed by atoms with Crippen LogP contribution >= 0.6 is 11.3 Å². The highest BCUT2D eigenvalue weighted by atomic mass is 32.1. The number of nitrogens with zero attached hydrogens (tertiary/aromatic N) is 3. The van der Waals surface area contributed by atoms with Crippen molar-refractivity contribution in [2.24, 2.45) is 4.99 Å². The van der Waals surface area contributed by atoms with Gasteiger partial charge in [-0.2, -0.15) is 0 Å². The van der Waals surface area contributed by atoms with Gasteiger partial charge in [-0.15, -0.1) is 11.3 Å². The number of carbonyl (C=O) groups excluding carboxylic acids is 1. The first-order valence-corrected chi connectivity index (χ1v) is 6.47. The van der Waals surface area contributed by atoms with Crippen molar-refractivity contribution in [2.75, 3.05) is 0 Å². The lowest BCUT2D eigenvalue weighted by Crippen LogP contribution is -2.11. The molecule has 0 spiro atoms. The fraction of sp³-hybridized carbons (Fsp3) is 0.308. The summed E-state index contributed by atoms with van der Waals surface area (Å²) in [4.78, 5) is 36.0. The maximum Gasteiger partial charge on any atom is 0.253 e. The molecule has 2 aromatic rings. The number of ketones is 1. The second kappa shape index (κ2) is 6.85. The third-order valence-corrected chi connectivity index (χ3v) is 3.37. The SMILES string of the molecule is C.Cc1nc[nH]c(=O)c1C.O=C1CC=Nc2scnc21. The minimum Gasteiger partial charge on any atom is -0.313 e. The van der Waals surface area contributed by atoms with Crippen LogP contribution in [-0.4, -0.2) is 26.9 Å². The number of rotatable bonds is 0. The van der Waals surface area contributed by atoms with Crippen LogP contribution in [0.15, 0.2) is 21.6 Å². The highest BCUT2D eigenvalue weighted by Crippen LogP contribution is 2.26. The van der Waals surface area contributed by atoms with Gasteiger partial charge in [0.05, 0.1) is 11.8 Å². The summed E-state index contributed by atoms with van der Waals surface area (Å²) in [5.41, 5.74) is 3.61. The average molecular weight is 292 g/mol. The Bertz CT molecular complexity index is 688. The van der Waals surface area contributed by atoms with Crippen molar-refractivity contribution in [1.29, 1.82) is 0 Å². The van der Waals surface area contributed by atoms with Gasteiger partial charge in [-0.3, -0.25) is 9.59 Å². The number of hydrogen-bond donors (Lipinski definition) is 1. The molecule has 0 unspecified atom stereocenters. The summed E-state index contributed by atoms with van der Waals surface area (Å²) in [6.45, 7) is 3.56. The van der Waals surface area contributed by atoms with Gasteiger partial charge in [0.25, 0.3) is 5.56 Å². The largest absolute Gasteiger partial charge is 0.313 e. The van der Waals surface area contributed by atoms with Crippen molar-refractivity contribution in [3.05, 3.63) is 39.1 Å². The van der Waals surface area contributed by atoms with Gasteiger partial charge in [-0.25, -0.2) is 15.0 Å². The number of aromatic amines is 1. The van der Waals surface area contributed by atoms with Crippen LogP contribution in [0.3, 0.4) is 0 Å². The van der Waals surface area contributed by atoms with Gasteiger partial charge in [0.2, 0.25) is 0 Å². The number of hydrogen-bond acceptors (Lipinski definition) is 6.